The molecule has 1 rings (SSSR count). The molecule has 0 aliphatic carbocycles. The van der Waals surface area contributed by atoms with E-state index in [-0.39, 0.29) is 36.9 Å². The fourth-order valence-electron chi connectivity index (χ4n) is 1.56. The van der Waals surface area contributed by atoms with E-state index in [1.807, 2.05) is 0 Å². The molecular weight excluding hydrogens is 288 g/mol. The van der Waals surface area contributed by atoms with E-state index in [2.05, 4.69) is 0 Å². The maximum Gasteiger partial charge on any atom is 0.270 e. The van der Waals surface area contributed by atoms with E-state index in [1.165, 1.54) is 25.3 Å². The highest BCUT2D eigenvalue weighted by molar-refractivity contribution is 7.89. The van der Waals surface area contributed by atoms with Gasteiger partial charge in [0.2, 0.25) is 10.0 Å². The van der Waals surface area contributed by atoms with Crippen LogP contribution in [0.2, 0.25) is 0 Å². The molecule has 1 aromatic rings. The van der Waals surface area contributed by atoms with Crippen LogP contribution in [0, 0.1) is 10.1 Å². The lowest BCUT2D eigenvalue weighted by Crippen LogP contribution is -2.36. The van der Waals surface area contributed by atoms with Crippen LogP contribution in [0.3, 0.4) is 0 Å². The van der Waals surface area contributed by atoms with Crippen LogP contribution in [0.5, 0.6) is 0 Å². The summed E-state index contributed by atoms with van der Waals surface area (Å²) in [7, 11) is -2.47. The normalized spacial score (nSPS) is 11.8. The fourth-order valence-corrected chi connectivity index (χ4v) is 3.02. The molecule has 1 N–H and O–H groups in total. The molecule has 0 saturated heterocycles. The molecule has 0 aliphatic heterocycles. The van der Waals surface area contributed by atoms with Crippen LogP contribution < -0.4 is 0 Å². The first kappa shape index (κ1) is 16.5. The number of ether oxygens (including phenoxy) is 1. The van der Waals surface area contributed by atoms with Crippen molar-refractivity contribution in [2.75, 3.05) is 33.4 Å². The number of aliphatic hydroxyl groups is 1. The highest BCUT2D eigenvalue weighted by atomic mass is 32.2. The lowest BCUT2D eigenvalue weighted by molar-refractivity contribution is -0.385. The van der Waals surface area contributed by atoms with Gasteiger partial charge in [-0.2, -0.15) is 4.31 Å². The minimum absolute atomic E-state index is 0.0576. The van der Waals surface area contributed by atoms with Crippen molar-refractivity contribution in [1.29, 1.82) is 0 Å². The molecule has 0 unspecified atom stereocenters. The van der Waals surface area contributed by atoms with Gasteiger partial charge in [0.1, 0.15) is 0 Å². The first-order valence-electron chi connectivity index (χ1n) is 5.78. The van der Waals surface area contributed by atoms with Crippen LogP contribution in [0.25, 0.3) is 0 Å². The lowest BCUT2D eigenvalue weighted by Gasteiger charge is -2.20. The number of hydrogen-bond acceptors (Lipinski definition) is 6. The lowest BCUT2D eigenvalue weighted by atomic mass is 10.3. The third-order valence-electron chi connectivity index (χ3n) is 2.56. The van der Waals surface area contributed by atoms with Crippen LogP contribution >= 0.6 is 0 Å². The Morgan fingerprint density at radius 2 is 2.10 bits per heavy atom. The molecule has 0 radical (unpaired) electrons. The molecule has 0 spiro atoms. The fraction of sp³-hybridized carbons (Fsp3) is 0.455. The van der Waals surface area contributed by atoms with Gasteiger partial charge in [0, 0.05) is 32.3 Å². The Kier molecular flexibility index (Phi) is 6.02. The number of non-ortho nitro benzene ring substituents is 1. The van der Waals surface area contributed by atoms with Crippen molar-refractivity contribution in [3.8, 4) is 0 Å². The molecule has 0 aromatic heterocycles. The third-order valence-corrected chi connectivity index (χ3v) is 4.46. The smallest absolute Gasteiger partial charge is 0.270 e. The van der Waals surface area contributed by atoms with Gasteiger partial charge in [0.15, 0.2) is 0 Å². The maximum absolute atomic E-state index is 12.3. The van der Waals surface area contributed by atoms with E-state index in [1.54, 1.807) is 0 Å². The van der Waals surface area contributed by atoms with Gasteiger partial charge < -0.3 is 9.84 Å². The summed E-state index contributed by atoms with van der Waals surface area (Å²) in [6, 6.07) is 4.79. The second-order valence-corrected chi connectivity index (χ2v) is 5.81. The summed E-state index contributed by atoms with van der Waals surface area (Å²) in [5.74, 6) is 0. The van der Waals surface area contributed by atoms with E-state index < -0.39 is 14.9 Å². The van der Waals surface area contributed by atoms with Crippen LogP contribution in [0.15, 0.2) is 29.2 Å². The van der Waals surface area contributed by atoms with E-state index in [4.69, 9.17) is 9.84 Å². The third kappa shape index (κ3) is 3.97. The number of methoxy groups -OCH3 is 1. The SMILES string of the molecule is COCCN(CCO)S(=O)(=O)c1cccc([N+](=O)[O-])c1. The first-order chi connectivity index (χ1) is 9.43. The zero-order valence-electron chi connectivity index (χ0n) is 10.9. The Bertz CT molecular complexity index is 560. The van der Waals surface area contributed by atoms with E-state index in [0.29, 0.717) is 0 Å². The summed E-state index contributed by atoms with van der Waals surface area (Å²) >= 11 is 0. The summed E-state index contributed by atoms with van der Waals surface area (Å²) in [4.78, 5) is 9.84. The minimum atomic E-state index is -3.90. The number of nitro benzene ring substituents is 1. The Hall–Kier alpha value is -1.55. The van der Waals surface area contributed by atoms with Gasteiger partial charge in [-0.15, -0.1) is 0 Å². The molecule has 8 nitrogen and oxygen atoms in total. The van der Waals surface area contributed by atoms with Crippen LogP contribution in [-0.4, -0.2) is 56.2 Å². The molecule has 0 fully saturated rings. The Morgan fingerprint density at radius 3 is 2.65 bits per heavy atom. The standard InChI is InChI=1S/C11H16N2O6S/c1-19-8-6-12(5-7-14)20(17,18)11-4-2-3-10(9-11)13(15)16/h2-4,9,14H,5-8H2,1H3. The zero-order valence-corrected chi connectivity index (χ0v) is 11.7. The molecule has 0 aliphatic rings. The van der Waals surface area contributed by atoms with Crippen molar-refractivity contribution in [3.05, 3.63) is 34.4 Å². The quantitative estimate of drug-likeness (QED) is 0.543. The molecule has 9 heteroatoms. The summed E-state index contributed by atoms with van der Waals surface area (Å²) in [5.41, 5.74) is -0.304. The average molecular weight is 304 g/mol. The molecule has 112 valence electrons. The van der Waals surface area contributed by atoms with Crippen LogP contribution in [0.1, 0.15) is 0 Å². The van der Waals surface area contributed by atoms with Crippen molar-refractivity contribution in [3.63, 3.8) is 0 Å². The zero-order chi connectivity index (χ0) is 15.2. The van der Waals surface area contributed by atoms with Crippen molar-refractivity contribution < 1.29 is 23.2 Å². The highest BCUT2D eigenvalue weighted by Crippen LogP contribution is 2.20. The van der Waals surface area contributed by atoms with Gasteiger partial charge in [-0.05, 0) is 6.07 Å². The number of benzene rings is 1. The number of aliphatic hydroxyl groups excluding tert-OH is 1. The van der Waals surface area contributed by atoms with Crippen molar-refractivity contribution in [1.82, 2.24) is 4.31 Å². The van der Waals surface area contributed by atoms with Crippen molar-refractivity contribution in [2.24, 2.45) is 0 Å². The van der Waals surface area contributed by atoms with Crippen LogP contribution in [0.4, 0.5) is 5.69 Å². The van der Waals surface area contributed by atoms with Gasteiger partial charge in [-0.3, -0.25) is 10.1 Å². The molecule has 0 bridgehead atoms. The second-order valence-electron chi connectivity index (χ2n) is 3.87. The number of nitrogens with zero attached hydrogens (tertiary/aromatic N) is 2. The molecule has 0 atom stereocenters. The topological polar surface area (TPSA) is 110 Å². The first-order valence-corrected chi connectivity index (χ1v) is 7.22. The Labute approximate surface area is 116 Å². The Morgan fingerprint density at radius 1 is 1.40 bits per heavy atom. The predicted octanol–water partition coefficient (Wildman–Crippen LogP) is 0.224. The van der Waals surface area contributed by atoms with Gasteiger partial charge in [-0.25, -0.2) is 8.42 Å². The number of hydrogen-bond donors (Lipinski definition) is 1. The van der Waals surface area contributed by atoms with Crippen molar-refractivity contribution in [2.45, 2.75) is 4.90 Å². The van der Waals surface area contributed by atoms with Crippen LogP contribution in [-0.2, 0) is 14.8 Å². The predicted molar refractivity (Wildman–Crippen MR) is 70.8 cm³/mol. The summed E-state index contributed by atoms with van der Waals surface area (Å²) in [5, 5.41) is 19.6. The number of rotatable bonds is 8. The van der Waals surface area contributed by atoms with E-state index in [0.717, 1.165) is 10.4 Å². The molecule has 0 heterocycles. The second kappa shape index (κ2) is 7.29. The van der Waals surface area contributed by atoms with Gasteiger partial charge >= 0.3 is 0 Å². The molecule has 0 saturated carbocycles. The van der Waals surface area contributed by atoms with Gasteiger partial charge in [-0.1, -0.05) is 6.07 Å². The van der Waals surface area contributed by atoms with Gasteiger partial charge in [0.05, 0.1) is 23.0 Å². The maximum atomic E-state index is 12.3. The van der Waals surface area contributed by atoms with E-state index in [9.17, 15) is 18.5 Å². The average Bonchev–Trinajstić information content (AvgIpc) is 2.43. The largest absolute Gasteiger partial charge is 0.395 e. The minimum Gasteiger partial charge on any atom is -0.395 e. The monoisotopic (exact) mass is 304 g/mol. The summed E-state index contributed by atoms with van der Waals surface area (Å²) < 4.78 is 30.5. The van der Waals surface area contributed by atoms with Crippen molar-refractivity contribution >= 4 is 15.7 Å². The molecular formula is C11H16N2O6S. The summed E-state index contributed by atoms with van der Waals surface area (Å²) in [6.45, 7) is -0.234. The summed E-state index contributed by atoms with van der Waals surface area (Å²) in [6.07, 6.45) is 0. The number of sulfonamides is 1. The molecule has 0 amide bonds. The highest BCUT2D eigenvalue weighted by Gasteiger charge is 2.25. The van der Waals surface area contributed by atoms with E-state index >= 15 is 0 Å². The number of nitro groups is 1. The van der Waals surface area contributed by atoms with Gasteiger partial charge in [0.25, 0.3) is 5.69 Å². The molecule has 1 aromatic carbocycles. The molecule has 20 heavy (non-hydrogen) atoms. The Balaban J connectivity index is 3.11.